The zero-order chi connectivity index (χ0) is 14.7. The topological polar surface area (TPSA) is 55.6 Å². The molecule has 2 heterocycles. The Morgan fingerprint density at radius 3 is 2.70 bits per heavy atom. The van der Waals surface area contributed by atoms with Crippen LogP contribution in [0, 0.1) is 6.92 Å². The number of aromatic nitrogens is 4. The van der Waals surface area contributed by atoms with Crippen LogP contribution in [0.25, 0.3) is 11.4 Å². The summed E-state index contributed by atoms with van der Waals surface area (Å²) in [5, 5.41) is 7.79. The molecule has 0 aliphatic carbocycles. The molecule has 0 fully saturated rings. The Hall–Kier alpha value is -1.43. The summed E-state index contributed by atoms with van der Waals surface area (Å²) in [6.45, 7) is 7.09. The van der Waals surface area contributed by atoms with Gasteiger partial charge in [0.25, 0.3) is 0 Å². The quantitative estimate of drug-likeness (QED) is 0.909. The number of anilines is 1. The summed E-state index contributed by atoms with van der Waals surface area (Å²) < 4.78 is 2.74. The molecule has 0 atom stereocenters. The van der Waals surface area contributed by atoms with Crippen molar-refractivity contribution in [1.82, 2.24) is 19.7 Å². The van der Waals surface area contributed by atoms with E-state index in [1.165, 1.54) is 0 Å². The van der Waals surface area contributed by atoms with Crippen molar-refractivity contribution in [1.29, 1.82) is 0 Å². The Morgan fingerprint density at radius 2 is 2.05 bits per heavy atom. The highest BCUT2D eigenvalue weighted by Gasteiger charge is 2.15. The number of aryl methyl sites for hydroxylation is 3. The zero-order valence-electron chi connectivity index (χ0n) is 12.4. The van der Waals surface area contributed by atoms with Crippen molar-refractivity contribution in [2.24, 2.45) is 7.05 Å². The molecule has 2 aromatic heterocycles. The van der Waals surface area contributed by atoms with E-state index in [-0.39, 0.29) is 0 Å². The lowest BCUT2D eigenvalue weighted by atomic mass is 10.2. The van der Waals surface area contributed by atoms with Crippen LogP contribution < -0.4 is 5.32 Å². The van der Waals surface area contributed by atoms with Crippen LogP contribution in [0.4, 0.5) is 5.82 Å². The van der Waals surface area contributed by atoms with E-state index < -0.39 is 0 Å². The average Bonchev–Trinajstić information content (AvgIpc) is 2.81. The van der Waals surface area contributed by atoms with Crippen molar-refractivity contribution in [3.8, 4) is 11.4 Å². The second-order valence-corrected chi connectivity index (χ2v) is 5.53. The van der Waals surface area contributed by atoms with Crippen LogP contribution in [0.5, 0.6) is 0 Å². The lowest BCUT2D eigenvalue weighted by Crippen LogP contribution is -2.06. The van der Waals surface area contributed by atoms with Gasteiger partial charge in [-0.3, -0.25) is 4.68 Å². The number of rotatable bonds is 5. The van der Waals surface area contributed by atoms with E-state index in [1.54, 1.807) is 0 Å². The van der Waals surface area contributed by atoms with Crippen LogP contribution in [0.15, 0.2) is 10.7 Å². The van der Waals surface area contributed by atoms with Gasteiger partial charge in [0, 0.05) is 19.8 Å². The Balaban J connectivity index is 2.48. The zero-order valence-corrected chi connectivity index (χ0v) is 14.0. The molecule has 5 nitrogen and oxygen atoms in total. The minimum atomic E-state index is 0.731. The summed E-state index contributed by atoms with van der Waals surface area (Å²) in [5.41, 5.74) is 2.96. The van der Waals surface area contributed by atoms with E-state index >= 15 is 0 Å². The molecule has 0 radical (unpaired) electrons. The van der Waals surface area contributed by atoms with E-state index in [9.17, 15) is 0 Å². The maximum atomic E-state index is 4.64. The van der Waals surface area contributed by atoms with Crippen molar-refractivity contribution in [2.75, 3.05) is 11.9 Å². The van der Waals surface area contributed by atoms with Gasteiger partial charge in [-0.25, -0.2) is 9.97 Å². The van der Waals surface area contributed by atoms with Crippen LogP contribution >= 0.6 is 15.9 Å². The molecule has 2 aromatic rings. The van der Waals surface area contributed by atoms with Crippen molar-refractivity contribution in [2.45, 2.75) is 33.6 Å². The summed E-state index contributed by atoms with van der Waals surface area (Å²) in [7, 11) is 1.92. The highest BCUT2D eigenvalue weighted by atomic mass is 79.9. The Bertz CT molecular complexity index is 606. The molecular weight excluding hydrogens is 318 g/mol. The SMILES string of the molecule is CCCNc1nc(-c2cn(C)nc2CC)nc(C)c1Br. The molecule has 0 saturated heterocycles. The number of nitrogens with one attached hydrogen (secondary N) is 1. The van der Waals surface area contributed by atoms with Crippen LogP contribution in [-0.2, 0) is 13.5 Å². The molecule has 6 heteroatoms. The molecular formula is C14H20BrN5. The van der Waals surface area contributed by atoms with E-state index in [4.69, 9.17) is 0 Å². The minimum Gasteiger partial charge on any atom is -0.369 e. The third-order valence-corrected chi connectivity index (χ3v) is 3.99. The molecule has 0 saturated carbocycles. The predicted octanol–water partition coefficient (Wildman–Crippen LogP) is 3.33. The van der Waals surface area contributed by atoms with Gasteiger partial charge in [-0.2, -0.15) is 5.10 Å². The van der Waals surface area contributed by atoms with Crippen LogP contribution in [0.1, 0.15) is 31.7 Å². The van der Waals surface area contributed by atoms with Crippen LogP contribution in [0.2, 0.25) is 0 Å². The van der Waals surface area contributed by atoms with Gasteiger partial charge in [0.2, 0.25) is 0 Å². The normalized spacial score (nSPS) is 10.8. The first-order chi connectivity index (χ1) is 9.56. The van der Waals surface area contributed by atoms with Crippen molar-refractivity contribution >= 4 is 21.7 Å². The van der Waals surface area contributed by atoms with Gasteiger partial charge in [0.1, 0.15) is 5.82 Å². The first kappa shape index (κ1) is 15.0. The second-order valence-electron chi connectivity index (χ2n) is 4.74. The highest BCUT2D eigenvalue weighted by Crippen LogP contribution is 2.28. The first-order valence-electron chi connectivity index (χ1n) is 6.87. The van der Waals surface area contributed by atoms with Crippen LogP contribution in [-0.4, -0.2) is 26.3 Å². The second kappa shape index (κ2) is 6.35. The van der Waals surface area contributed by atoms with E-state index in [2.05, 4.69) is 50.2 Å². The molecule has 0 unspecified atom stereocenters. The maximum absolute atomic E-state index is 4.64. The van der Waals surface area contributed by atoms with Gasteiger partial charge >= 0.3 is 0 Å². The fourth-order valence-corrected chi connectivity index (χ4v) is 2.34. The average molecular weight is 338 g/mol. The molecule has 0 amide bonds. The summed E-state index contributed by atoms with van der Waals surface area (Å²) >= 11 is 3.55. The fourth-order valence-electron chi connectivity index (χ4n) is 2.02. The number of hydrogen-bond acceptors (Lipinski definition) is 4. The smallest absolute Gasteiger partial charge is 0.165 e. The minimum absolute atomic E-state index is 0.731. The summed E-state index contributed by atoms with van der Waals surface area (Å²) in [6.07, 6.45) is 3.90. The lowest BCUT2D eigenvalue weighted by molar-refractivity contribution is 0.746. The fraction of sp³-hybridized carbons (Fsp3) is 0.500. The molecule has 108 valence electrons. The lowest BCUT2D eigenvalue weighted by Gasteiger charge is -2.10. The van der Waals surface area contributed by atoms with Gasteiger partial charge in [0.05, 0.1) is 21.4 Å². The largest absolute Gasteiger partial charge is 0.369 e. The van der Waals surface area contributed by atoms with Crippen molar-refractivity contribution in [3.05, 3.63) is 22.1 Å². The Labute approximate surface area is 128 Å². The third kappa shape index (κ3) is 3.00. The molecule has 2 rings (SSSR count). The number of hydrogen-bond donors (Lipinski definition) is 1. The van der Waals surface area contributed by atoms with Gasteiger partial charge in [-0.1, -0.05) is 13.8 Å². The standard InChI is InChI=1S/C14H20BrN5/c1-5-7-16-14-12(15)9(3)17-13(18-14)10-8-20(4)19-11(10)6-2/h8H,5-7H2,1-4H3,(H,16,17,18). The highest BCUT2D eigenvalue weighted by molar-refractivity contribution is 9.10. The Morgan fingerprint density at radius 1 is 1.30 bits per heavy atom. The molecule has 20 heavy (non-hydrogen) atoms. The van der Waals surface area contributed by atoms with E-state index in [0.717, 1.165) is 52.5 Å². The molecule has 1 N–H and O–H groups in total. The van der Waals surface area contributed by atoms with Gasteiger partial charge in [0.15, 0.2) is 5.82 Å². The predicted molar refractivity (Wildman–Crippen MR) is 84.8 cm³/mol. The molecule has 0 aromatic carbocycles. The Kier molecular flexibility index (Phi) is 4.75. The van der Waals surface area contributed by atoms with Gasteiger partial charge < -0.3 is 5.32 Å². The van der Waals surface area contributed by atoms with Gasteiger partial charge in [-0.15, -0.1) is 0 Å². The number of nitrogens with zero attached hydrogens (tertiary/aromatic N) is 4. The van der Waals surface area contributed by atoms with Crippen molar-refractivity contribution in [3.63, 3.8) is 0 Å². The van der Waals surface area contributed by atoms with E-state index in [1.807, 2.05) is 24.9 Å². The molecule has 0 spiro atoms. The maximum Gasteiger partial charge on any atom is 0.165 e. The number of halogens is 1. The molecule has 0 aliphatic heterocycles. The molecule has 0 aliphatic rings. The molecule has 0 bridgehead atoms. The summed E-state index contributed by atoms with van der Waals surface area (Å²) in [6, 6.07) is 0. The van der Waals surface area contributed by atoms with E-state index in [0.29, 0.717) is 0 Å². The first-order valence-corrected chi connectivity index (χ1v) is 7.67. The summed E-state index contributed by atoms with van der Waals surface area (Å²) in [5.74, 6) is 1.58. The van der Waals surface area contributed by atoms with Crippen molar-refractivity contribution < 1.29 is 0 Å². The summed E-state index contributed by atoms with van der Waals surface area (Å²) in [4.78, 5) is 9.22. The van der Waals surface area contributed by atoms with Crippen LogP contribution in [0.3, 0.4) is 0 Å². The van der Waals surface area contributed by atoms with Gasteiger partial charge in [-0.05, 0) is 35.7 Å². The monoisotopic (exact) mass is 337 g/mol. The third-order valence-electron chi connectivity index (χ3n) is 3.04.